The molecule has 0 radical (unpaired) electrons. The molecule has 23 nitrogen and oxygen atoms in total. The lowest BCUT2D eigenvalue weighted by molar-refractivity contribution is -0.154. The van der Waals surface area contributed by atoms with Crippen LogP contribution >= 0.6 is 0 Å². The van der Waals surface area contributed by atoms with Crippen LogP contribution in [0.15, 0.2) is 107 Å². The Labute approximate surface area is 643 Å². The number of aromatic nitrogens is 4. The molecule has 8 heterocycles. The number of rotatable bonds is 21. The monoisotopic (exact) mass is 1640 g/mol. The maximum absolute atomic E-state index is 15.6. The van der Waals surface area contributed by atoms with E-state index < -0.39 is 178 Å². The Hall–Kier alpha value is -8.61. The van der Waals surface area contributed by atoms with Crippen LogP contribution in [0.2, 0.25) is 0 Å². The van der Waals surface area contributed by atoms with E-state index in [0.29, 0.717) is 54.9 Å². The number of benzene rings is 3. The van der Waals surface area contributed by atoms with Gasteiger partial charge in [0.05, 0.1) is 92.1 Å². The Morgan fingerprint density at radius 3 is 1.13 bits per heavy atom. The molecule has 0 fully saturated rings. The van der Waals surface area contributed by atoms with Crippen molar-refractivity contribution in [1.29, 1.82) is 0 Å². The number of ether oxygens (including phenoxy) is 4. The zero-order valence-electron chi connectivity index (χ0n) is 64.4. The van der Waals surface area contributed by atoms with Crippen molar-refractivity contribution >= 4 is 75.6 Å². The Balaban J connectivity index is 0.000000197. The molecule has 0 spiro atoms. The number of amidine groups is 1. The number of esters is 2. The summed E-state index contributed by atoms with van der Waals surface area (Å²) in [5.41, 5.74) is 8.95. The van der Waals surface area contributed by atoms with Crippen LogP contribution in [0, 0.1) is 17.5 Å². The summed E-state index contributed by atoms with van der Waals surface area (Å²) in [6.07, 6.45) is -3.72. The highest BCUT2D eigenvalue weighted by Gasteiger charge is 2.61. The Kier molecular flexibility index (Phi) is 24.4. The Morgan fingerprint density at radius 2 is 0.804 bits per heavy atom. The van der Waals surface area contributed by atoms with Gasteiger partial charge in [0.15, 0.2) is 24.8 Å². The van der Waals surface area contributed by atoms with Crippen LogP contribution in [0.1, 0.15) is 185 Å². The molecule has 6 aliphatic rings. The topological polar surface area (TPSA) is 334 Å². The second-order valence-electron chi connectivity index (χ2n) is 32.0. The molecule has 0 unspecified atom stereocenters. The van der Waals surface area contributed by atoms with Crippen LogP contribution in [-0.4, -0.2) is 172 Å². The molecule has 11 rings (SSSR count). The summed E-state index contributed by atoms with van der Waals surface area (Å²) in [5, 5.41) is -1.74. The number of nitrogens with zero attached hydrogens (tertiary/aromatic N) is 10. The first-order valence-corrected chi connectivity index (χ1v) is 40.3. The summed E-state index contributed by atoms with van der Waals surface area (Å²) in [6.45, 7) is 23.9. The summed E-state index contributed by atoms with van der Waals surface area (Å²) in [4.78, 5) is 80.6. The zero-order chi connectivity index (χ0) is 83.5. The van der Waals surface area contributed by atoms with Crippen LogP contribution in [-0.2, 0) is 77.7 Å². The molecule has 6 aliphatic heterocycles. The third-order valence-corrected chi connectivity index (χ3v) is 31.7. The minimum absolute atomic E-state index is 0.0783. The van der Waals surface area contributed by atoms with E-state index in [2.05, 4.69) is 47.5 Å². The minimum Gasteiger partial charge on any atom is -0.470 e. The van der Waals surface area contributed by atoms with Gasteiger partial charge in [-0.25, -0.2) is 76.4 Å². The lowest BCUT2D eigenvalue weighted by Crippen LogP contribution is -2.58. The third-order valence-electron chi connectivity index (χ3n) is 20.5. The molecule has 0 saturated heterocycles. The molecule has 612 valence electrons. The molecular formula is C75H91F11N12O11S3. The number of carbonyl (C=O) groups excluding carboxylic acids is 4. The smallest absolute Gasteiger partial charge is 0.340 e. The molecule has 4 N–H and O–H groups in total. The lowest BCUT2D eigenvalue weighted by atomic mass is 9.84. The number of Topliss-reactive ketones (excluding diaryl/α,β-unsaturated/α-hetero) is 2. The number of alkyl halides is 8. The predicted molar refractivity (Wildman–Crippen MR) is 400 cm³/mol. The SMILES string of the molecule is CC(C)(C)OC(=O)CC1=N[C@](C)(c2cc(CC(=O)c3cnc(OCC(F)(F)C(F)F)cn3)ccc2F)[C@@H]2CCN=[S@]2(=O)C1(C)C.CC(C)(C)OC(=O)CC1=N[C@](C)(c2cc(N)ccc2F)[C@@H]2CCN=[S@]2(=O)C1(C)C.CC1(C)C(N)=N[C@](C)(c2cc(CC(=O)c3cnc(OCC(F)(F)C(F)F)cn3)ccc2F)[C@@H]2CCN=[S@@]21=O. The first-order chi connectivity index (χ1) is 51.5. The summed E-state index contributed by atoms with van der Waals surface area (Å²) in [7, 11) is -8.75. The van der Waals surface area contributed by atoms with E-state index in [1.165, 1.54) is 48.5 Å². The molecule has 0 bridgehead atoms. The van der Waals surface area contributed by atoms with Gasteiger partial charge in [0.2, 0.25) is 11.8 Å². The van der Waals surface area contributed by atoms with E-state index in [1.54, 1.807) is 110 Å². The van der Waals surface area contributed by atoms with E-state index in [0.717, 1.165) is 24.8 Å². The van der Waals surface area contributed by atoms with Crippen molar-refractivity contribution in [1.82, 2.24) is 19.9 Å². The number of halogens is 11. The second-order valence-corrected chi connectivity index (χ2v) is 40.9. The van der Waals surface area contributed by atoms with Gasteiger partial charge in [-0.2, -0.15) is 17.6 Å². The van der Waals surface area contributed by atoms with Gasteiger partial charge in [-0.1, -0.05) is 12.1 Å². The number of hydrogen-bond donors (Lipinski definition) is 2. The highest BCUT2D eigenvalue weighted by molar-refractivity contribution is 7.97. The van der Waals surface area contributed by atoms with Crippen LogP contribution in [0.4, 0.5) is 54.0 Å². The van der Waals surface area contributed by atoms with Crippen molar-refractivity contribution in [2.45, 2.75) is 231 Å². The number of nitrogen functional groups attached to an aromatic ring is 1. The van der Waals surface area contributed by atoms with E-state index in [9.17, 15) is 71.3 Å². The highest BCUT2D eigenvalue weighted by Crippen LogP contribution is 2.53. The van der Waals surface area contributed by atoms with Crippen LogP contribution < -0.4 is 20.9 Å². The molecular weight excluding hydrogens is 1550 g/mol. The average Bonchev–Trinajstić information content (AvgIpc) is 1.41. The predicted octanol–water partition coefficient (Wildman–Crippen LogP) is 13.5. The van der Waals surface area contributed by atoms with E-state index in [4.69, 9.17) is 30.9 Å². The van der Waals surface area contributed by atoms with Gasteiger partial charge in [0.1, 0.15) is 67.2 Å². The molecule has 0 saturated carbocycles. The molecule has 9 atom stereocenters. The quantitative estimate of drug-likeness (QED) is 0.0298. The Morgan fingerprint density at radius 1 is 0.473 bits per heavy atom. The van der Waals surface area contributed by atoms with Crippen LogP contribution in [0.25, 0.3) is 0 Å². The highest BCUT2D eigenvalue weighted by atomic mass is 32.2. The number of anilines is 1. The summed E-state index contributed by atoms with van der Waals surface area (Å²) in [5.74, 6) is -13.4. The Bertz CT molecular complexity index is 5010. The number of aliphatic imine (C=N–C) groups is 3. The third kappa shape index (κ3) is 17.2. The molecule has 0 aliphatic carbocycles. The van der Waals surface area contributed by atoms with E-state index >= 15 is 8.78 Å². The standard InChI is InChI=1S/C30H35F5N4O5S.C24H26F5N5O3S.C21H30FN3O3S/c1-27(2,3)44-25(41)13-22-28(4,5)45(42)23(9-10-38-45)29(6,39-22)18-11-17(7-8-19(18)31)12-21(40)20-14-37-24(15-36-20)43-16-30(34,35)26(32)33;1-22(2)21(30)34-23(3,18-6-7-33-38(18,22)36)14-8-13(4-5-15(14)25)9-17(35)16-10-32-19(11-31-16)37-12-24(28,29)20(26)27;1-19(2,3)28-18(26)12-16-20(4,5)29(27)17(9-10-24-29)21(6,25-16)14-11-13(23)7-8-15(14)22/h7-8,11,14-15,23,26H,9-10,12-13,16H2,1-6H3;4-5,8,10-11,18,20H,6-7,9,12H2,1-3H3,(H2,30,34);7-8,11,17H,9-10,12,23H2,1-6H3/t23-,29+,45+;18-,23+,38+;17-,21+,29+/m000/s1. The van der Waals surface area contributed by atoms with Crippen molar-refractivity contribution in [3.63, 3.8) is 0 Å². The molecule has 112 heavy (non-hydrogen) atoms. The van der Waals surface area contributed by atoms with Gasteiger partial charge in [0, 0.05) is 66.3 Å². The molecule has 5 aromatic rings. The number of fused-ring (bicyclic) bond motifs is 3. The lowest BCUT2D eigenvalue weighted by Gasteiger charge is -2.46. The number of ketones is 2. The van der Waals surface area contributed by atoms with Crippen molar-refractivity contribution < 1.29 is 99.0 Å². The largest absolute Gasteiger partial charge is 0.470 e. The molecule has 37 heteroatoms. The maximum atomic E-state index is 15.6. The fraction of sp³-hybridized carbons (Fsp3) is 0.560. The van der Waals surface area contributed by atoms with Gasteiger partial charge < -0.3 is 30.4 Å². The molecule has 2 aromatic heterocycles. The minimum atomic E-state index is -4.39. The van der Waals surface area contributed by atoms with Crippen molar-refractivity contribution in [3.05, 3.63) is 136 Å². The normalized spacial score (nSPS) is 26.8. The van der Waals surface area contributed by atoms with Gasteiger partial charge in [0.25, 0.3) is 0 Å². The van der Waals surface area contributed by atoms with Crippen molar-refractivity contribution in [2.75, 3.05) is 38.6 Å². The van der Waals surface area contributed by atoms with E-state index in [-0.39, 0.29) is 71.9 Å². The maximum Gasteiger partial charge on any atom is 0.340 e. The van der Waals surface area contributed by atoms with Crippen molar-refractivity contribution in [2.24, 2.45) is 33.8 Å². The van der Waals surface area contributed by atoms with Crippen LogP contribution in [0.3, 0.4) is 0 Å². The summed E-state index contributed by atoms with van der Waals surface area (Å²) >= 11 is 0. The number of carbonyl (C=O) groups is 4. The second kappa shape index (κ2) is 31.3. The fourth-order valence-electron chi connectivity index (χ4n) is 14.3. The first kappa shape index (κ1) is 87.4. The van der Waals surface area contributed by atoms with E-state index in [1.807, 2.05) is 0 Å². The van der Waals surface area contributed by atoms with Gasteiger partial charge in [-0.05, 0) is 177 Å². The average molecular weight is 1640 g/mol. The summed E-state index contributed by atoms with van der Waals surface area (Å²) in [6, 6.07) is 12.4. The zero-order valence-corrected chi connectivity index (χ0v) is 66.8. The van der Waals surface area contributed by atoms with Gasteiger partial charge in [-0.3, -0.25) is 34.2 Å². The van der Waals surface area contributed by atoms with Gasteiger partial charge >= 0.3 is 36.6 Å². The van der Waals surface area contributed by atoms with Crippen molar-refractivity contribution in [3.8, 4) is 11.8 Å². The van der Waals surface area contributed by atoms with Crippen LogP contribution in [0.5, 0.6) is 11.8 Å². The van der Waals surface area contributed by atoms with Gasteiger partial charge in [-0.15, -0.1) is 0 Å². The first-order valence-electron chi connectivity index (χ1n) is 35.5. The summed E-state index contributed by atoms with van der Waals surface area (Å²) < 4.78 is 220. The fourth-order valence-corrected chi connectivity index (χ4v) is 24.0. The molecule has 3 aromatic carbocycles. The molecule has 0 amide bonds. The number of nitrogens with two attached hydrogens (primary N) is 2. The number of hydrogen-bond acceptors (Lipinski definition) is 23.